The minimum absolute atomic E-state index is 0.216. The molecule has 2 rings (SSSR count). The summed E-state index contributed by atoms with van der Waals surface area (Å²) >= 11 is 0. The van der Waals surface area contributed by atoms with Crippen LogP contribution in [0.25, 0.3) is 0 Å². The summed E-state index contributed by atoms with van der Waals surface area (Å²) in [5.74, 6) is 1.15. The molecule has 0 radical (unpaired) electrons. The van der Waals surface area contributed by atoms with Gasteiger partial charge in [-0.15, -0.1) is 0 Å². The van der Waals surface area contributed by atoms with Crippen molar-refractivity contribution in [3.05, 3.63) is 0 Å². The van der Waals surface area contributed by atoms with Gasteiger partial charge in [-0.25, -0.2) is 4.79 Å². The van der Waals surface area contributed by atoms with Crippen molar-refractivity contribution < 1.29 is 14.6 Å². The second-order valence-electron chi connectivity index (χ2n) is 7.53. The van der Waals surface area contributed by atoms with Crippen LogP contribution in [0.2, 0.25) is 0 Å². The first-order chi connectivity index (χ1) is 9.78. The number of likely N-dealkylation sites (tertiary alicyclic amines) is 1. The molecule has 21 heavy (non-hydrogen) atoms. The monoisotopic (exact) mass is 298 g/mol. The Balaban J connectivity index is 1.83. The highest BCUT2D eigenvalue weighted by Crippen LogP contribution is 2.38. The SMILES string of the molecule is CC[C@@H](O)CN1CC2CCC(NC(=O)OC(C)(C)C)C2C1. The van der Waals surface area contributed by atoms with E-state index < -0.39 is 5.60 Å². The zero-order valence-corrected chi connectivity index (χ0v) is 13.8. The number of nitrogens with zero attached hydrogens (tertiary/aromatic N) is 1. The molecule has 3 unspecified atom stereocenters. The van der Waals surface area contributed by atoms with E-state index in [1.165, 1.54) is 0 Å². The van der Waals surface area contributed by atoms with E-state index in [4.69, 9.17) is 4.74 Å². The molecule has 2 aliphatic rings. The molecule has 4 atom stereocenters. The van der Waals surface area contributed by atoms with Gasteiger partial charge in [0.15, 0.2) is 0 Å². The largest absolute Gasteiger partial charge is 0.444 e. The average Bonchev–Trinajstić information content (AvgIpc) is 2.88. The molecule has 0 aromatic rings. The van der Waals surface area contributed by atoms with E-state index >= 15 is 0 Å². The lowest BCUT2D eigenvalue weighted by molar-refractivity contribution is 0.0489. The van der Waals surface area contributed by atoms with Crippen LogP contribution in [0.1, 0.15) is 47.0 Å². The highest BCUT2D eigenvalue weighted by atomic mass is 16.6. The Morgan fingerprint density at radius 2 is 2.10 bits per heavy atom. The van der Waals surface area contributed by atoms with Crippen molar-refractivity contribution in [3.63, 3.8) is 0 Å². The number of amides is 1. The Bertz CT molecular complexity index is 367. The number of ether oxygens (including phenoxy) is 1. The lowest BCUT2D eigenvalue weighted by atomic mass is 9.98. The van der Waals surface area contributed by atoms with Crippen molar-refractivity contribution >= 4 is 6.09 Å². The number of nitrogens with one attached hydrogen (secondary N) is 1. The maximum atomic E-state index is 11.9. The zero-order chi connectivity index (χ0) is 15.6. The van der Waals surface area contributed by atoms with Gasteiger partial charge in [-0.05, 0) is 51.9 Å². The Labute approximate surface area is 128 Å². The van der Waals surface area contributed by atoms with Crippen LogP contribution in [-0.4, -0.2) is 53.5 Å². The highest BCUT2D eigenvalue weighted by molar-refractivity contribution is 5.68. The van der Waals surface area contributed by atoms with Gasteiger partial charge in [0.05, 0.1) is 6.10 Å². The quantitative estimate of drug-likeness (QED) is 0.833. The summed E-state index contributed by atoms with van der Waals surface area (Å²) in [6.07, 6.45) is 2.45. The third kappa shape index (κ3) is 4.58. The van der Waals surface area contributed by atoms with Gasteiger partial charge in [-0.3, -0.25) is 0 Å². The van der Waals surface area contributed by atoms with Crippen LogP contribution in [0.5, 0.6) is 0 Å². The van der Waals surface area contributed by atoms with Crippen molar-refractivity contribution in [3.8, 4) is 0 Å². The number of hydrogen-bond acceptors (Lipinski definition) is 4. The summed E-state index contributed by atoms with van der Waals surface area (Å²) in [6, 6.07) is 0.216. The van der Waals surface area contributed by atoms with Crippen LogP contribution in [0.3, 0.4) is 0 Å². The number of alkyl carbamates (subject to hydrolysis) is 1. The Hall–Kier alpha value is -0.810. The molecule has 5 nitrogen and oxygen atoms in total. The van der Waals surface area contributed by atoms with Crippen LogP contribution in [-0.2, 0) is 4.74 Å². The molecule has 5 heteroatoms. The van der Waals surface area contributed by atoms with Crippen molar-refractivity contribution in [2.45, 2.75) is 64.7 Å². The number of hydrogen-bond donors (Lipinski definition) is 2. The van der Waals surface area contributed by atoms with Gasteiger partial charge in [-0.1, -0.05) is 6.92 Å². The van der Waals surface area contributed by atoms with Gasteiger partial charge in [0.1, 0.15) is 5.60 Å². The predicted molar refractivity (Wildman–Crippen MR) is 82.1 cm³/mol. The maximum absolute atomic E-state index is 11.9. The van der Waals surface area contributed by atoms with E-state index in [1.807, 2.05) is 27.7 Å². The predicted octanol–water partition coefficient (Wildman–Crippen LogP) is 1.99. The van der Waals surface area contributed by atoms with Crippen LogP contribution in [0.4, 0.5) is 4.79 Å². The van der Waals surface area contributed by atoms with E-state index in [1.54, 1.807) is 0 Å². The second-order valence-corrected chi connectivity index (χ2v) is 7.53. The zero-order valence-electron chi connectivity index (χ0n) is 13.8. The first-order valence-electron chi connectivity index (χ1n) is 8.18. The topological polar surface area (TPSA) is 61.8 Å². The van der Waals surface area contributed by atoms with Crippen LogP contribution in [0.15, 0.2) is 0 Å². The first kappa shape index (κ1) is 16.6. The molecule has 0 bridgehead atoms. The van der Waals surface area contributed by atoms with Crippen molar-refractivity contribution in [2.75, 3.05) is 19.6 Å². The van der Waals surface area contributed by atoms with E-state index in [0.29, 0.717) is 11.8 Å². The number of aliphatic hydroxyl groups excluding tert-OH is 1. The number of fused-ring (bicyclic) bond motifs is 1. The molecular weight excluding hydrogens is 268 g/mol. The molecule has 1 saturated carbocycles. The lowest BCUT2D eigenvalue weighted by Crippen LogP contribution is -2.42. The normalized spacial score (nSPS) is 31.0. The minimum atomic E-state index is -0.449. The second kappa shape index (κ2) is 6.53. The van der Waals surface area contributed by atoms with Crippen LogP contribution in [0, 0.1) is 11.8 Å². The summed E-state index contributed by atoms with van der Waals surface area (Å²) in [4.78, 5) is 14.3. The smallest absolute Gasteiger partial charge is 0.407 e. The number of β-amino-alcohol motifs (C(OH)–C–C–N with tert-alkyl or cyclic N) is 1. The number of carbonyl (C=O) groups excluding carboxylic acids is 1. The minimum Gasteiger partial charge on any atom is -0.444 e. The lowest BCUT2D eigenvalue weighted by Gasteiger charge is -2.25. The summed E-state index contributed by atoms with van der Waals surface area (Å²) < 4.78 is 5.35. The number of rotatable bonds is 4. The Morgan fingerprint density at radius 3 is 2.71 bits per heavy atom. The van der Waals surface area contributed by atoms with Crippen molar-refractivity contribution in [1.29, 1.82) is 0 Å². The molecular formula is C16H30N2O3. The molecule has 1 saturated heterocycles. The fourth-order valence-corrected chi connectivity index (χ4v) is 3.57. The highest BCUT2D eigenvalue weighted by Gasteiger charge is 2.43. The third-order valence-corrected chi connectivity index (χ3v) is 4.57. The maximum Gasteiger partial charge on any atom is 0.407 e. The molecule has 1 heterocycles. The van der Waals surface area contributed by atoms with Crippen molar-refractivity contribution in [2.24, 2.45) is 11.8 Å². The van der Waals surface area contributed by atoms with Gasteiger partial charge in [-0.2, -0.15) is 0 Å². The van der Waals surface area contributed by atoms with E-state index in [0.717, 1.165) is 38.9 Å². The van der Waals surface area contributed by atoms with Gasteiger partial charge in [0.2, 0.25) is 0 Å². The number of aliphatic hydroxyl groups is 1. The van der Waals surface area contributed by atoms with E-state index in [9.17, 15) is 9.90 Å². The Kier molecular flexibility index (Phi) is 5.15. The van der Waals surface area contributed by atoms with Crippen molar-refractivity contribution in [1.82, 2.24) is 10.2 Å². The van der Waals surface area contributed by atoms with Gasteiger partial charge >= 0.3 is 6.09 Å². The van der Waals surface area contributed by atoms with Crippen LogP contribution < -0.4 is 5.32 Å². The summed E-state index contributed by atoms with van der Waals surface area (Å²) in [7, 11) is 0. The molecule has 122 valence electrons. The fourth-order valence-electron chi connectivity index (χ4n) is 3.57. The molecule has 0 aromatic heterocycles. The summed E-state index contributed by atoms with van der Waals surface area (Å²) in [6.45, 7) is 10.4. The molecule has 1 aliphatic carbocycles. The molecule has 0 spiro atoms. The standard InChI is InChI=1S/C16H30N2O3/c1-5-12(19)9-18-8-11-6-7-14(13(11)10-18)17-15(20)21-16(2,3)4/h11-14,19H,5-10H2,1-4H3,(H,17,20)/t11?,12-,13?,14?/m1/s1. The molecule has 0 aromatic carbocycles. The fraction of sp³-hybridized carbons (Fsp3) is 0.938. The third-order valence-electron chi connectivity index (χ3n) is 4.57. The molecule has 2 N–H and O–H groups in total. The molecule has 2 fully saturated rings. The molecule has 1 aliphatic heterocycles. The van der Waals surface area contributed by atoms with Gasteiger partial charge < -0.3 is 20.1 Å². The van der Waals surface area contributed by atoms with E-state index in [2.05, 4.69) is 10.2 Å². The van der Waals surface area contributed by atoms with E-state index in [-0.39, 0.29) is 18.2 Å². The summed E-state index contributed by atoms with van der Waals surface area (Å²) in [5, 5.41) is 12.8. The average molecular weight is 298 g/mol. The Morgan fingerprint density at radius 1 is 1.38 bits per heavy atom. The molecule has 1 amide bonds. The number of carbonyl (C=O) groups is 1. The van der Waals surface area contributed by atoms with Crippen LogP contribution >= 0.6 is 0 Å². The van der Waals surface area contributed by atoms with Gasteiger partial charge in [0.25, 0.3) is 0 Å². The summed E-state index contributed by atoms with van der Waals surface area (Å²) in [5.41, 5.74) is -0.449. The van der Waals surface area contributed by atoms with Gasteiger partial charge in [0, 0.05) is 25.7 Å². The first-order valence-corrected chi connectivity index (χ1v) is 8.18.